The van der Waals surface area contributed by atoms with Crippen molar-refractivity contribution in [1.29, 1.82) is 5.26 Å². The summed E-state index contributed by atoms with van der Waals surface area (Å²) >= 11 is 1.56. The lowest BCUT2D eigenvalue weighted by atomic mass is 10.1. The topological polar surface area (TPSA) is 124 Å². The number of nitrogens with zero attached hydrogens (tertiary/aromatic N) is 7. The zero-order chi connectivity index (χ0) is 25.0. The number of hydrogen-bond acceptors (Lipinski definition) is 9. The van der Waals surface area contributed by atoms with E-state index in [1.807, 2.05) is 30.5 Å². The van der Waals surface area contributed by atoms with Crippen molar-refractivity contribution in [1.82, 2.24) is 30.1 Å². The number of pyridine rings is 1. The predicted octanol–water partition coefficient (Wildman–Crippen LogP) is 3.18. The van der Waals surface area contributed by atoms with Gasteiger partial charge in [-0.05, 0) is 38.1 Å². The molecule has 1 saturated heterocycles. The number of anilines is 2. The molecule has 5 heterocycles. The number of carbonyl (C=O) groups excluding carboxylic acids is 1. The molecule has 10 nitrogen and oxygen atoms in total. The van der Waals surface area contributed by atoms with Gasteiger partial charge in [0, 0.05) is 55.8 Å². The van der Waals surface area contributed by atoms with Crippen LogP contribution in [0.3, 0.4) is 0 Å². The quantitative estimate of drug-likeness (QED) is 0.415. The number of amides is 1. The molecule has 36 heavy (non-hydrogen) atoms. The van der Waals surface area contributed by atoms with E-state index in [1.54, 1.807) is 29.0 Å². The number of carbonyl (C=O) groups is 1. The van der Waals surface area contributed by atoms with E-state index < -0.39 is 0 Å². The molecule has 2 aliphatic rings. The SMILES string of the molecule is CC(=O)NC1[C@H]2CN(c3nnc(-c4cnc(-c5ccc6cc(C#N)cnn56)cc4NC(C)C)s3)C[C@@H]12. The summed E-state index contributed by atoms with van der Waals surface area (Å²) in [5, 5.41) is 30.8. The lowest BCUT2D eigenvalue weighted by molar-refractivity contribution is -0.119. The van der Waals surface area contributed by atoms with Crippen molar-refractivity contribution < 1.29 is 4.79 Å². The summed E-state index contributed by atoms with van der Waals surface area (Å²) in [6, 6.07) is 10.4. The first-order valence-electron chi connectivity index (χ1n) is 11.9. The van der Waals surface area contributed by atoms with Gasteiger partial charge in [0.1, 0.15) is 6.07 Å². The third-order valence-corrected chi connectivity index (χ3v) is 7.74. The first-order chi connectivity index (χ1) is 17.4. The second-order valence-corrected chi connectivity index (χ2v) is 10.6. The number of piperidine rings is 1. The molecule has 0 aromatic carbocycles. The summed E-state index contributed by atoms with van der Waals surface area (Å²) in [7, 11) is 0. The lowest BCUT2D eigenvalue weighted by Crippen LogP contribution is -2.33. The van der Waals surface area contributed by atoms with Gasteiger partial charge in [0.25, 0.3) is 0 Å². The molecule has 0 bridgehead atoms. The average Bonchev–Trinajstić information content (AvgIpc) is 3.34. The minimum Gasteiger partial charge on any atom is -0.382 e. The molecule has 6 rings (SSSR count). The minimum absolute atomic E-state index is 0.0381. The highest BCUT2D eigenvalue weighted by molar-refractivity contribution is 7.18. The van der Waals surface area contributed by atoms with E-state index in [1.165, 1.54) is 0 Å². The Hall–Kier alpha value is -4.04. The first kappa shape index (κ1) is 22.4. The second kappa shape index (κ2) is 8.57. The molecule has 2 N–H and O–H groups in total. The summed E-state index contributed by atoms with van der Waals surface area (Å²) in [5.74, 6) is 1.03. The molecule has 4 aromatic rings. The van der Waals surface area contributed by atoms with E-state index in [2.05, 4.69) is 50.7 Å². The molecule has 0 radical (unpaired) electrons. The van der Waals surface area contributed by atoms with Gasteiger partial charge in [0.15, 0.2) is 5.01 Å². The molecule has 3 atom stereocenters. The Kier molecular flexibility index (Phi) is 5.34. The number of nitrogens with one attached hydrogen (secondary N) is 2. The Bertz CT molecular complexity index is 1510. The largest absolute Gasteiger partial charge is 0.382 e. The number of nitriles is 1. The van der Waals surface area contributed by atoms with Crippen LogP contribution in [0, 0.1) is 23.2 Å². The monoisotopic (exact) mass is 499 g/mol. The molecular weight excluding hydrogens is 474 g/mol. The molecule has 11 heteroatoms. The van der Waals surface area contributed by atoms with Crippen molar-refractivity contribution in [2.45, 2.75) is 32.9 Å². The Labute approximate surface area is 212 Å². The lowest BCUT2D eigenvalue weighted by Gasteiger charge is -2.18. The van der Waals surface area contributed by atoms with Crippen molar-refractivity contribution in [2.75, 3.05) is 23.3 Å². The van der Waals surface area contributed by atoms with Crippen LogP contribution in [-0.4, -0.2) is 55.9 Å². The average molecular weight is 500 g/mol. The fraction of sp³-hybridized carbons (Fsp3) is 0.360. The molecular formula is C25H25N9OS. The van der Waals surface area contributed by atoms with E-state index in [0.717, 1.165) is 51.4 Å². The van der Waals surface area contributed by atoms with Crippen molar-refractivity contribution in [3.63, 3.8) is 0 Å². The Morgan fingerprint density at radius 3 is 2.72 bits per heavy atom. The maximum Gasteiger partial charge on any atom is 0.217 e. The molecule has 182 valence electrons. The van der Waals surface area contributed by atoms with Crippen molar-refractivity contribution in [3.8, 4) is 28.0 Å². The van der Waals surface area contributed by atoms with Crippen LogP contribution in [0.1, 0.15) is 26.3 Å². The van der Waals surface area contributed by atoms with Crippen LogP contribution < -0.4 is 15.5 Å². The molecule has 0 spiro atoms. The van der Waals surface area contributed by atoms with E-state index in [9.17, 15) is 4.79 Å². The smallest absolute Gasteiger partial charge is 0.217 e. The number of rotatable bonds is 6. The van der Waals surface area contributed by atoms with Gasteiger partial charge in [0.2, 0.25) is 11.0 Å². The van der Waals surface area contributed by atoms with Gasteiger partial charge in [-0.3, -0.25) is 9.78 Å². The zero-order valence-electron chi connectivity index (χ0n) is 20.1. The summed E-state index contributed by atoms with van der Waals surface area (Å²) in [6.45, 7) is 7.54. The van der Waals surface area contributed by atoms with Crippen molar-refractivity contribution in [3.05, 3.63) is 42.2 Å². The van der Waals surface area contributed by atoms with Crippen molar-refractivity contribution >= 4 is 33.6 Å². The standard InChI is InChI=1S/C25H25N9OS/c1-13(2)29-20-7-21(22-5-4-16-6-15(8-26)9-28-34(16)22)27-10-17(20)24-31-32-25(36-24)33-11-18-19(12-33)23(18)30-14(3)35/h4-7,9-10,13,18-19,23H,11-12H2,1-3H3,(H,27,29)(H,30,35)/t18-,19+,23?. The molecule has 4 aromatic heterocycles. The van der Waals surface area contributed by atoms with Gasteiger partial charge in [-0.2, -0.15) is 10.4 Å². The van der Waals surface area contributed by atoms with Crippen LogP contribution >= 0.6 is 11.3 Å². The Morgan fingerprint density at radius 1 is 1.19 bits per heavy atom. The highest BCUT2D eigenvalue weighted by atomic mass is 32.1. The van der Waals surface area contributed by atoms with Crippen LogP contribution in [0.4, 0.5) is 10.8 Å². The molecule has 1 aliphatic heterocycles. The molecule has 1 saturated carbocycles. The highest BCUT2D eigenvalue weighted by Gasteiger charge is 2.56. The van der Waals surface area contributed by atoms with Crippen LogP contribution in [0.25, 0.3) is 27.5 Å². The van der Waals surface area contributed by atoms with Crippen LogP contribution in [0.15, 0.2) is 36.7 Å². The molecule has 2 fully saturated rings. The summed E-state index contributed by atoms with van der Waals surface area (Å²) in [5.41, 5.74) is 4.80. The molecule has 1 amide bonds. The van der Waals surface area contributed by atoms with Gasteiger partial charge in [0.05, 0.1) is 34.2 Å². The predicted molar refractivity (Wildman–Crippen MR) is 138 cm³/mol. The molecule has 1 aliphatic carbocycles. The summed E-state index contributed by atoms with van der Waals surface area (Å²) in [6.07, 6.45) is 3.39. The number of hydrogen-bond donors (Lipinski definition) is 2. The van der Waals surface area contributed by atoms with Gasteiger partial charge >= 0.3 is 0 Å². The van der Waals surface area contributed by atoms with Gasteiger partial charge in [-0.1, -0.05) is 11.3 Å². The third kappa shape index (κ3) is 3.93. The van der Waals surface area contributed by atoms with E-state index in [-0.39, 0.29) is 11.9 Å². The first-order valence-corrected chi connectivity index (χ1v) is 12.7. The maximum atomic E-state index is 11.4. The van der Waals surface area contributed by atoms with E-state index in [4.69, 9.17) is 10.2 Å². The Morgan fingerprint density at radius 2 is 2.00 bits per heavy atom. The maximum absolute atomic E-state index is 11.4. The summed E-state index contributed by atoms with van der Waals surface area (Å²) < 4.78 is 1.79. The van der Waals surface area contributed by atoms with Crippen LogP contribution in [-0.2, 0) is 4.79 Å². The zero-order valence-corrected chi connectivity index (χ0v) is 21.0. The third-order valence-electron chi connectivity index (χ3n) is 6.72. The molecule has 1 unspecified atom stereocenters. The van der Waals surface area contributed by atoms with Crippen LogP contribution in [0.2, 0.25) is 0 Å². The van der Waals surface area contributed by atoms with Gasteiger partial charge < -0.3 is 15.5 Å². The van der Waals surface area contributed by atoms with Crippen molar-refractivity contribution in [2.24, 2.45) is 11.8 Å². The normalized spacial score (nSPS) is 20.4. The number of aromatic nitrogens is 5. The van der Waals surface area contributed by atoms with Gasteiger partial charge in [-0.15, -0.1) is 10.2 Å². The summed E-state index contributed by atoms with van der Waals surface area (Å²) in [4.78, 5) is 18.4. The Balaban J connectivity index is 1.28. The highest BCUT2D eigenvalue weighted by Crippen LogP contribution is 2.47. The van der Waals surface area contributed by atoms with Crippen LogP contribution in [0.5, 0.6) is 0 Å². The van der Waals surface area contributed by atoms with E-state index >= 15 is 0 Å². The fourth-order valence-corrected chi connectivity index (χ4v) is 5.92. The second-order valence-electron chi connectivity index (χ2n) is 9.67. The number of fused-ring (bicyclic) bond motifs is 2. The fourth-order valence-electron chi connectivity index (χ4n) is 5.03. The van der Waals surface area contributed by atoms with Gasteiger partial charge in [-0.25, -0.2) is 4.52 Å². The van der Waals surface area contributed by atoms with E-state index in [0.29, 0.717) is 23.4 Å². The minimum atomic E-state index is 0.0381.